The van der Waals surface area contributed by atoms with E-state index < -0.39 is 0 Å². The Labute approximate surface area is 115 Å². The van der Waals surface area contributed by atoms with Crippen molar-refractivity contribution in [2.24, 2.45) is 12.5 Å². The van der Waals surface area contributed by atoms with E-state index in [1.54, 1.807) is 4.68 Å². The van der Waals surface area contributed by atoms with Crippen LogP contribution in [0.25, 0.3) is 0 Å². The number of aliphatic hydroxyl groups is 1. The van der Waals surface area contributed by atoms with E-state index in [1.165, 1.54) is 0 Å². The van der Waals surface area contributed by atoms with Crippen molar-refractivity contribution in [2.75, 3.05) is 13.2 Å². The highest BCUT2D eigenvalue weighted by Gasteiger charge is 2.19. The van der Waals surface area contributed by atoms with E-state index in [4.69, 9.17) is 5.11 Å². The van der Waals surface area contributed by atoms with Crippen LogP contribution in [0.5, 0.6) is 0 Å². The second kappa shape index (κ2) is 6.19. The maximum Gasteiger partial charge on any atom is 0.224 e. The van der Waals surface area contributed by atoms with Gasteiger partial charge in [0.25, 0.3) is 0 Å². The average Bonchev–Trinajstić information content (AvgIpc) is 2.54. The maximum absolute atomic E-state index is 12.0. The molecule has 0 fully saturated rings. The molecule has 1 heterocycles. The largest absolute Gasteiger partial charge is 0.396 e. The number of nitrogens with one attached hydrogen (secondary N) is 1. The van der Waals surface area contributed by atoms with Gasteiger partial charge in [-0.25, -0.2) is 0 Å². The highest BCUT2D eigenvalue weighted by Crippen LogP contribution is 2.18. The van der Waals surface area contributed by atoms with Crippen LogP contribution in [0.2, 0.25) is 0 Å². The third-order valence-corrected chi connectivity index (χ3v) is 3.55. The highest BCUT2D eigenvalue weighted by molar-refractivity contribution is 5.79. The second-order valence-corrected chi connectivity index (χ2v) is 5.86. The molecule has 108 valence electrons. The summed E-state index contributed by atoms with van der Waals surface area (Å²) >= 11 is 0. The number of nitrogens with zero attached hydrogens (tertiary/aromatic N) is 2. The quantitative estimate of drug-likeness (QED) is 0.811. The fourth-order valence-electron chi connectivity index (χ4n) is 2.03. The fraction of sp³-hybridized carbons (Fsp3) is 0.714. The van der Waals surface area contributed by atoms with Crippen LogP contribution in [0.1, 0.15) is 37.2 Å². The number of hydrogen-bond acceptors (Lipinski definition) is 3. The Morgan fingerprint density at radius 2 is 2.05 bits per heavy atom. The van der Waals surface area contributed by atoms with Gasteiger partial charge in [-0.05, 0) is 25.7 Å². The number of aryl methyl sites for hydroxylation is 2. The minimum atomic E-state index is -0.0799. The van der Waals surface area contributed by atoms with E-state index in [2.05, 4.69) is 10.4 Å². The summed E-state index contributed by atoms with van der Waals surface area (Å²) in [5.74, 6) is 0.00483. The molecule has 19 heavy (non-hydrogen) atoms. The molecule has 0 spiro atoms. The summed E-state index contributed by atoms with van der Waals surface area (Å²) in [7, 11) is 1.88. The average molecular weight is 267 g/mol. The van der Waals surface area contributed by atoms with Crippen LogP contribution in [0, 0.1) is 19.3 Å². The molecular formula is C14H25N3O2. The number of hydrogen-bond donors (Lipinski definition) is 2. The van der Waals surface area contributed by atoms with E-state index in [0.717, 1.165) is 17.0 Å². The summed E-state index contributed by atoms with van der Waals surface area (Å²) in [6, 6.07) is 0. The molecule has 5 nitrogen and oxygen atoms in total. The Kier molecular flexibility index (Phi) is 5.11. The second-order valence-electron chi connectivity index (χ2n) is 5.86. The number of carbonyl (C=O) groups is 1. The summed E-state index contributed by atoms with van der Waals surface area (Å²) in [6.07, 6.45) is 1.04. The normalized spacial score (nSPS) is 11.7. The summed E-state index contributed by atoms with van der Waals surface area (Å²) < 4.78 is 1.80. The zero-order valence-electron chi connectivity index (χ0n) is 12.6. The summed E-state index contributed by atoms with van der Waals surface area (Å²) in [6.45, 7) is 8.67. The van der Waals surface area contributed by atoms with Gasteiger partial charge in [0.2, 0.25) is 5.91 Å². The van der Waals surface area contributed by atoms with E-state index in [9.17, 15) is 4.79 Å². The van der Waals surface area contributed by atoms with Gasteiger partial charge in [-0.15, -0.1) is 0 Å². The van der Waals surface area contributed by atoms with E-state index in [0.29, 0.717) is 19.4 Å². The van der Waals surface area contributed by atoms with Gasteiger partial charge in [0, 0.05) is 31.5 Å². The van der Waals surface area contributed by atoms with Gasteiger partial charge in [0.05, 0.1) is 12.1 Å². The number of carbonyl (C=O) groups excluding carboxylic acids is 1. The predicted molar refractivity (Wildman–Crippen MR) is 74.9 cm³/mol. The Bertz CT molecular complexity index is 450. The Balaban J connectivity index is 2.57. The molecule has 0 radical (unpaired) electrons. The Morgan fingerprint density at radius 1 is 1.42 bits per heavy atom. The van der Waals surface area contributed by atoms with Crippen molar-refractivity contribution in [1.29, 1.82) is 0 Å². The van der Waals surface area contributed by atoms with E-state index in [1.807, 2.05) is 34.7 Å². The SMILES string of the molecule is Cc1nn(C)c(C)c1CC(=O)NCC(C)(C)CCO. The number of amides is 1. The molecule has 0 aliphatic carbocycles. The predicted octanol–water partition coefficient (Wildman–Crippen LogP) is 1.10. The molecule has 5 heteroatoms. The molecule has 1 rings (SSSR count). The molecule has 0 saturated heterocycles. The lowest BCUT2D eigenvalue weighted by Gasteiger charge is -2.23. The van der Waals surface area contributed by atoms with Crippen LogP contribution in [0.3, 0.4) is 0 Å². The van der Waals surface area contributed by atoms with Gasteiger partial charge < -0.3 is 10.4 Å². The standard InChI is InChI=1S/C14H25N3O2/c1-10-12(11(2)17(5)16-10)8-13(19)15-9-14(3,4)6-7-18/h18H,6-9H2,1-5H3,(H,15,19). The van der Waals surface area contributed by atoms with Gasteiger partial charge in [0.15, 0.2) is 0 Å². The molecule has 0 atom stereocenters. The van der Waals surface area contributed by atoms with E-state index >= 15 is 0 Å². The van der Waals surface area contributed by atoms with Crippen molar-refractivity contribution in [1.82, 2.24) is 15.1 Å². The van der Waals surface area contributed by atoms with Crippen LogP contribution in [-0.4, -0.2) is 33.9 Å². The lowest BCUT2D eigenvalue weighted by Crippen LogP contribution is -2.35. The molecule has 0 saturated carbocycles. The van der Waals surface area contributed by atoms with Crippen molar-refractivity contribution >= 4 is 5.91 Å². The third kappa shape index (κ3) is 4.35. The summed E-state index contributed by atoms with van der Waals surface area (Å²) in [4.78, 5) is 12.0. The molecule has 0 aromatic carbocycles. The van der Waals surface area contributed by atoms with Crippen molar-refractivity contribution < 1.29 is 9.90 Å². The molecule has 0 aliphatic heterocycles. The zero-order chi connectivity index (χ0) is 14.6. The molecule has 1 amide bonds. The van der Waals surface area contributed by atoms with Crippen LogP contribution >= 0.6 is 0 Å². The smallest absolute Gasteiger partial charge is 0.224 e. The first-order chi connectivity index (χ1) is 8.76. The number of aromatic nitrogens is 2. The molecule has 0 aliphatic rings. The van der Waals surface area contributed by atoms with Crippen molar-refractivity contribution in [3.05, 3.63) is 17.0 Å². The first-order valence-corrected chi connectivity index (χ1v) is 6.63. The van der Waals surface area contributed by atoms with Crippen LogP contribution in [-0.2, 0) is 18.3 Å². The van der Waals surface area contributed by atoms with Gasteiger partial charge >= 0.3 is 0 Å². The van der Waals surface area contributed by atoms with Crippen molar-refractivity contribution in [3.8, 4) is 0 Å². The van der Waals surface area contributed by atoms with Crippen LogP contribution in [0.15, 0.2) is 0 Å². The number of aliphatic hydroxyl groups excluding tert-OH is 1. The monoisotopic (exact) mass is 267 g/mol. The molecule has 1 aromatic heterocycles. The lowest BCUT2D eigenvalue weighted by molar-refractivity contribution is -0.120. The summed E-state index contributed by atoms with van der Waals surface area (Å²) in [5, 5.41) is 16.2. The molecule has 0 bridgehead atoms. The van der Waals surface area contributed by atoms with E-state index in [-0.39, 0.29) is 17.9 Å². The van der Waals surface area contributed by atoms with Crippen LogP contribution in [0.4, 0.5) is 0 Å². The molecule has 1 aromatic rings. The fourth-order valence-corrected chi connectivity index (χ4v) is 2.03. The first-order valence-electron chi connectivity index (χ1n) is 6.63. The van der Waals surface area contributed by atoms with Crippen molar-refractivity contribution in [3.63, 3.8) is 0 Å². The van der Waals surface area contributed by atoms with Gasteiger partial charge in [-0.1, -0.05) is 13.8 Å². The van der Waals surface area contributed by atoms with Crippen molar-refractivity contribution in [2.45, 2.75) is 40.5 Å². The molecular weight excluding hydrogens is 242 g/mol. The van der Waals surface area contributed by atoms with Crippen LogP contribution < -0.4 is 5.32 Å². The summed E-state index contributed by atoms with van der Waals surface area (Å²) in [5.41, 5.74) is 2.86. The number of rotatable bonds is 6. The minimum absolute atomic E-state index is 0.00483. The highest BCUT2D eigenvalue weighted by atomic mass is 16.3. The molecule has 2 N–H and O–H groups in total. The van der Waals surface area contributed by atoms with Gasteiger partial charge in [-0.2, -0.15) is 5.10 Å². The Hall–Kier alpha value is -1.36. The van der Waals surface area contributed by atoms with Gasteiger partial charge in [0.1, 0.15) is 0 Å². The zero-order valence-corrected chi connectivity index (χ0v) is 12.6. The minimum Gasteiger partial charge on any atom is -0.396 e. The maximum atomic E-state index is 12.0. The Morgan fingerprint density at radius 3 is 2.53 bits per heavy atom. The molecule has 0 unspecified atom stereocenters. The topological polar surface area (TPSA) is 67.2 Å². The first kappa shape index (κ1) is 15.7. The lowest BCUT2D eigenvalue weighted by atomic mass is 9.89. The third-order valence-electron chi connectivity index (χ3n) is 3.55. The van der Waals surface area contributed by atoms with Gasteiger partial charge in [-0.3, -0.25) is 9.48 Å².